The Hall–Kier alpha value is -2.42. The van der Waals surface area contributed by atoms with Crippen LogP contribution in [0.2, 0.25) is 0 Å². The summed E-state index contributed by atoms with van der Waals surface area (Å²) in [6, 6.07) is 4.01. The number of pyridine rings is 1. The summed E-state index contributed by atoms with van der Waals surface area (Å²) >= 11 is 0. The van der Waals surface area contributed by atoms with Gasteiger partial charge in [-0.25, -0.2) is 9.97 Å². The third-order valence-corrected chi connectivity index (χ3v) is 4.40. The van der Waals surface area contributed by atoms with E-state index >= 15 is 0 Å². The minimum Gasteiger partial charge on any atom is -0.333 e. The predicted octanol–water partition coefficient (Wildman–Crippen LogP) is 1.78. The Morgan fingerprint density at radius 2 is 2.38 bits per heavy atom. The average molecular weight is 283 g/mol. The quantitative estimate of drug-likeness (QED) is 0.910. The third-order valence-electron chi connectivity index (χ3n) is 4.40. The summed E-state index contributed by atoms with van der Waals surface area (Å²) in [4.78, 5) is 20.9. The monoisotopic (exact) mass is 283 g/mol. The molecule has 1 saturated carbocycles. The van der Waals surface area contributed by atoms with Crippen LogP contribution in [-0.2, 0) is 7.05 Å². The van der Waals surface area contributed by atoms with E-state index in [1.54, 1.807) is 17.0 Å². The van der Waals surface area contributed by atoms with Crippen LogP contribution in [0.4, 0.5) is 0 Å². The van der Waals surface area contributed by atoms with E-state index in [0.29, 0.717) is 17.5 Å². The Kier molecular flexibility index (Phi) is 3.13. The van der Waals surface area contributed by atoms with E-state index in [1.807, 2.05) is 14.0 Å². The zero-order valence-corrected chi connectivity index (χ0v) is 12.1. The van der Waals surface area contributed by atoms with Crippen molar-refractivity contribution in [1.82, 2.24) is 19.9 Å². The van der Waals surface area contributed by atoms with Crippen molar-refractivity contribution in [2.24, 2.45) is 13.0 Å². The number of rotatable bonds is 2. The smallest absolute Gasteiger partial charge is 0.254 e. The minimum atomic E-state index is -0.754. The minimum absolute atomic E-state index is 0.165. The predicted molar refractivity (Wildman–Crippen MR) is 77.3 cm³/mol. The van der Waals surface area contributed by atoms with Crippen LogP contribution < -0.4 is 5.32 Å². The molecule has 6 nitrogen and oxygen atoms in total. The number of hydrogen-bond acceptors (Lipinski definition) is 4. The fourth-order valence-electron chi connectivity index (χ4n) is 2.97. The first-order chi connectivity index (χ1) is 10.1. The van der Waals surface area contributed by atoms with E-state index in [4.69, 9.17) is 0 Å². The lowest BCUT2D eigenvalue weighted by molar-refractivity contribution is 0.0906. The van der Waals surface area contributed by atoms with Crippen molar-refractivity contribution in [3.05, 3.63) is 24.2 Å². The SMILES string of the molecule is C[C@H]1CCC[C@]1(C#N)NC(=O)c1cnc2c(c1)ncn2C. The van der Waals surface area contributed by atoms with Crippen molar-refractivity contribution in [3.63, 3.8) is 0 Å². The van der Waals surface area contributed by atoms with Gasteiger partial charge in [-0.1, -0.05) is 6.92 Å². The Balaban J connectivity index is 1.88. The lowest BCUT2D eigenvalue weighted by atomic mass is 9.89. The van der Waals surface area contributed by atoms with Crippen molar-refractivity contribution >= 4 is 17.1 Å². The van der Waals surface area contributed by atoms with Gasteiger partial charge in [-0.05, 0) is 31.2 Å². The number of hydrogen-bond donors (Lipinski definition) is 1. The van der Waals surface area contributed by atoms with E-state index in [2.05, 4.69) is 21.4 Å². The molecule has 0 saturated heterocycles. The van der Waals surface area contributed by atoms with E-state index in [1.165, 1.54) is 6.20 Å². The zero-order chi connectivity index (χ0) is 15.0. The van der Waals surface area contributed by atoms with Gasteiger partial charge in [0.1, 0.15) is 11.1 Å². The Morgan fingerprint density at radius 3 is 3.05 bits per heavy atom. The summed E-state index contributed by atoms with van der Waals surface area (Å²) in [6.45, 7) is 2.01. The van der Waals surface area contributed by atoms with E-state index in [9.17, 15) is 10.1 Å². The second kappa shape index (κ2) is 4.85. The largest absolute Gasteiger partial charge is 0.333 e. The number of fused-ring (bicyclic) bond motifs is 1. The highest BCUT2D eigenvalue weighted by Gasteiger charge is 2.42. The standard InChI is InChI=1S/C15H17N5O/c1-10-4-3-5-15(10,8-16)19-14(21)11-6-12-13(17-7-11)20(2)9-18-12/h6-7,9-10H,3-5H2,1-2H3,(H,19,21)/t10-,15+/m0/s1. The van der Waals surface area contributed by atoms with Gasteiger partial charge in [0.15, 0.2) is 5.65 Å². The van der Waals surface area contributed by atoms with Crippen molar-refractivity contribution < 1.29 is 4.79 Å². The van der Waals surface area contributed by atoms with Gasteiger partial charge in [-0.2, -0.15) is 5.26 Å². The molecule has 0 aliphatic heterocycles. The first kappa shape index (κ1) is 13.6. The molecule has 0 aromatic carbocycles. The van der Waals surface area contributed by atoms with Crippen LogP contribution in [0.3, 0.4) is 0 Å². The van der Waals surface area contributed by atoms with Crippen LogP contribution in [0.5, 0.6) is 0 Å². The molecule has 0 bridgehead atoms. The number of imidazole rings is 1. The molecular weight excluding hydrogens is 266 g/mol. The molecule has 2 atom stereocenters. The maximum absolute atomic E-state index is 12.4. The van der Waals surface area contributed by atoms with Gasteiger partial charge < -0.3 is 9.88 Å². The van der Waals surface area contributed by atoms with Crippen LogP contribution in [0.25, 0.3) is 11.2 Å². The van der Waals surface area contributed by atoms with Crippen LogP contribution in [-0.4, -0.2) is 26.0 Å². The second-order valence-electron chi connectivity index (χ2n) is 5.75. The number of nitrogens with one attached hydrogen (secondary N) is 1. The summed E-state index contributed by atoms with van der Waals surface area (Å²) in [5, 5.41) is 12.4. The van der Waals surface area contributed by atoms with Crippen LogP contribution in [0.15, 0.2) is 18.6 Å². The van der Waals surface area contributed by atoms with Gasteiger partial charge >= 0.3 is 0 Å². The maximum Gasteiger partial charge on any atom is 0.254 e. The van der Waals surface area contributed by atoms with Crippen molar-refractivity contribution in [3.8, 4) is 6.07 Å². The summed E-state index contributed by atoms with van der Waals surface area (Å²) in [5.74, 6) is -0.0941. The highest BCUT2D eigenvalue weighted by Crippen LogP contribution is 2.35. The molecule has 108 valence electrons. The molecule has 1 N–H and O–H groups in total. The lowest BCUT2D eigenvalue weighted by Crippen LogP contribution is -2.49. The van der Waals surface area contributed by atoms with E-state index < -0.39 is 5.54 Å². The molecule has 1 aliphatic carbocycles. The number of aromatic nitrogens is 3. The summed E-state index contributed by atoms with van der Waals surface area (Å²) in [5.41, 5.74) is 1.09. The number of nitriles is 1. The van der Waals surface area contributed by atoms with Crippen LogP contribution in [0, 0.1) is 17.2 Å². The highest BCUT2D eigenvalue weighted by atomic mass is 16.1. The lowest BCUT2D eigenvalue weighted by Gasteiger charge is -2.27. The van der Waals surface area contributed by atoms with Crippen LogP contribution in [0.1, 0.15) is 36.5 Å². The van der Waals surface area contributed by atoms with Gasteiger partial charge in [0.05, 0.1) is 18.0 Å². The molecule has 6 heteroatoms. The average Bonchev–Trinajstić information content (AvgIpc) is 3.03. The first-order valence-electron chi connectivity index (χ1n) is 7.06. The van der Waals surface area contributed by atoms with Gasteiger partial charge in [-0.15, -0.1) is 0 Å². The Bertz CT molecular complexity index is 744. The number of carbonyl (C=O) groups is 1. The van der Waals surface area contributed by atoms with Gasteiger partial charge in [0.25, 0.3) is 5.91 Å². The molecule has 2 heterocycles. The Labute approximate surface area is 122 Å². The van der Waals surface area contributed by atoms with Gasteiger partial charge in [-0.3, -0.25) is 4.79 Å². The molecule has 21 heavy (non-hydrogen) atoms. The molecule has 1 fully saturated rings. The normalized spacial score (nSPS) is 24.9. The second-order valence-corrected chi connectivity index (χ2v) is 5.75. The molecule has 2 aromatic rings. The fourth-order valence-corrected chi connectivity index (χ4v) is 2.97. The molecule has 0 unspecified atom stereocenters. The summed E-state index contributed by atoms with van der Waals surface area (Å²) in [6.07, 6.45) is 5.83. The zero-order valence-electron chi connectivity index (χ0n) is 12.1. The molecular formula is C15H17N5O. The topological polar surface area (TPSA) is 83.6 Å². The molecule has 0 spiro atoms. The third kappa shape index (κ3) is 2.15. The highest BCUT2D eigenvalue weighted by molar-refractivity contribution is 5.97. The maximum atomic E-state index is 12.4. The number of carbonyl (C=O) groups excluding carboxylic acids is 1. The van der Waals surface area contributed by atoms with Crippen LogP contribution >= 0.6 is 0 Å². The number of aryl methyl sites for hydroxylation is 1. The van der Waals surface area contributed by atoms with Crippen molar-refractivity contribution in [2.75, 3.05) is 0 Å². The Morgan fingerprint density at radius 1 is 1.57 bits per heavy atom. The molecule has 1 amide bonds. The summed E-state index contributed by atoms with van der Waals surface area (Å²) in [7, 11) is 1.85. The van der Waals surface area contributed by atoms with Crippen molar-refractivity contribution in [2.45, 2.75) is 31.7 Å². The van der Waals surface area contributed by atoms with E-state index in [0.717, 1.165) is 18.5 Å². The molecule has 1 aliphatic rings. The number of nitrogens with zero attached hydrogens (tertiary/aromatic N) is 4. The number of amides is 1. The molecule has 2 aromatic heterocycles. The molecule has 3 rings (SSSR count). The fraction of sp³-hybridized carbons (Fsp3) is 0.467. The summed E-state index contributed by atoms with van der Waals surface area (Å²) < 4.78 is 1.80. The molecule has 0 radical (unpaired) electrons. The first-order valence-corrected chi connectivity index (χ1v) is 7.06. The van der Waals surface area contributed by atoms with Gasteiger partial charge in [0.2, 0.25) is 0 Å². The van der Waals surface area contributed by atoms with Gasteiger partial charge in [0, 0.05) is 13.2 Å². The van der Waals surface area contributed by atoms with Crippen molar-refractivity contribution in [1.29, 1.82) is 5.26 Å². The van der Waals surface area contributed by atoms with E-state index in [-0.39, 0.29) is 11.8 Å².